The molecule has 1 rings (SSSR count). The average molecular weight is 555 g/mol. The number of nitrogens with one attached hydrogen (secondary N) is 3. The lowest BCUT2D eigenvalue weighted by Crippen LogP contribution is -2.42. The normalized spacial score (nSPS) is 12.2. The molecule has 1 aromatic rings. The number of rotatable bonds is 8. The Morgan fingerprint density at radius 1 is 1.07 bits per heavy atom. The number of alkyl carbamates (subject to hydrolysis) is 1. The molecule has 172 valence electrons. The minimum Gasteiger partial charge on any atom is -0.444 e. The van der Waals surface area contributed by atoms with Gasteiger partial charge < -0.3 is 20.7 Å². The Balaban J connectivity index is 0.00000841. The summed E-state index contributed by atoms with van der Waals surface area (Å²) in [6.45, 7) is 9.32. The van der Waals surface area contributed by atoms with E-state index >= 15 is 0 Å². The summed E-state index contributed by atoms with van der Waals surface area (Å²) < 4.78 is 30.6. The molecule has 1 amide bonds. The molecule has 0 unspecified atom stereocenters. The molecule has 0 heterocycles. The standard InChI is InChI=1S/C19H33N5O4S.HI/c1-7-20-17(21-12-13-22-18(25)28-19(2,3)4)23-14-15-8-10-16(11-9-15)29(26,27)24(5)6;/h8-11H,7,12-14H2,1-6H3,(H,22,25)(H2,20,21,23);1H. The van der Waals surface area contributed by atoms with Gasteiger partial charge in [0.15, 0.2) is 5.96 Å². The fourth-order valence-corrected chi connectivity index (χ4v) is 3.05. The van der Waals surface area contributed by atoms with Crippen molar-refractivity contribution in [3.05, 3.63) is 29.8 Å². The van der Waals surface area contributed by atoms with Gasteiger partial charge in [0.05, 0.1) is 11.4 Å². The van der Waals surface area contributed by atoms with Crippen molar-refractivity contribution >= 4 is 46.1 Å². The minimum absolute atomic E-state index is 0. The van der Waals surface area contributed by atoms with Gasteiger partial charge in [-0.1, -0.05) is 12.1 Å². The first-order valence-corrected chi connectivity index (χ1v) is 10.9. The number of amides is 1. The van der Waals surface area contributed by atoms with Crippen molar-refractivity contribution in [2.75, 3.05) is 33.7 Å². The molecule has 0 aliphatic heterocycles. The first-order valence-electron chi connectivity index (χ1n) is 9.46. The fourth-order valence-electron chi connectivity index (χ4n) is 2.15. The van der Waals surface area contributed by atoms with E-state index in [1.54, 1.807) is 24.3 Å². The highest BCUT2D eigenvalue weighted by molar-refractivity contribution is 14.0. The maximum atomic E-state index is 12.1. The Kier molecular flexibility index (Phi) is 12.3. The number of carbonyl (C=O) groups excluding carboxylic acids is 1. The fraction of sp³-hybridized carbons (Fsp3) is 0.579. The second kappa shape index (κ2) is 13.0. The lowest BCUT2D eigenvalue weighted by atomic mass is 10.2. The number of guanidine groups is 1. The zero-order valence-corrected chi connectivity index (χ0v) is 21.6. The van der Waals surface area contributed by atoms with Crippen LogP contribution in [-0.4, -0.2) is 64.1 Å². The number of nitrogens with zero attached hydrogens (tertiary/aromatic N) is 2. The van der Waals surface area contributed by atoms with Crippen LogP contribution in [0.25, 0.3) is 0 Å². The van der Waals surface area contributed by atoms with Crippen LogP contribution < -0.4 is 16.0 Å². The molecule has 9 nitrogen and oxygen atoms in total. The summed E-state index contributed by atoms with van der Waals surface area (Å²) >= 11 is 0. The van der Waals surface area contributed by atoms with Crippen LogP contribution in [-0.2, 0) is 21.3 Å². The number of benzene rings is 1. The SMILES string of the molecule is CCNC(=NCc1ccc(S(=O)(=O)N(C)C)cc1)NCCNC(=O)OC(C)(C)C.I. The van der Waals surface area contributed by atoms with Gasteiger partial charge in [-0.25, -0.2) is 22.5 Å². The van der Waals surface area contributed by atoms with Crippen molar-refractivity contribution in [2.45, 2.75) is 44.7 Å². The van der Waals surface area contributed by atoms with E-state index in [4.69, 9.17) is 4.74 Å². The number of hydrogen-bond acceptors (Lipinski definition) is 5. The Morgan fingerprint density at radius 2 is 1.63 bits per heavy atom. The molecule has 30 heavy (non-hydrogen) atoms. The largest absolute Gasteiger partial charge is 0.444 e. The van der Waals surface area contributed by atoms with Crippen molar-refractivity contribution in [3.63, 3.8) is 0 Å². The van der Waals surface area contributed by atoms with E-state index < -0.39 is 21.7 Å². The monoisotopic (exact) mass is 555 g/mol. The van der Waals surface area contributed by atoms with Gasteiger partial charge in [0, 0.05) is 33.7 Å². The predicted octanol–water partition coefficient (Wildman–Crippen LogP) is 2.13. The van der Waals surface area contributed by atoms with E-state index in [9.17, 15) is 13.2 Å². The van der Waals surface area contributed by atoms with E-state index in [1.807, 2.05) is 27.7 Å². The smallest absolute Gasteiger partial charge is 0.407 e. The van der Waals surface area contributed by atoms with Crippen LogP contribution in [0, 0.1) is 0 Å². The van der Waals surface area contributed by atoms with Gasteiger partial charge in [-0.3, -0.25) is 0 Å². The zero-order valence-electron chi connectivity index (χ0n) is 18.5. The molecule has 0 radical (unpaired) electrons. The summed E-state index contributed by atoms with van der Waals surface area (Å²) in [5, 5.41) is 8.92. The van der Waals surface area contributed by atoms with Crippen molar-refractivity contribution in [1.29, 1.82) is 0 Å². The van der Waals surface area contributed by atoms with E-state index in [2.05, 4.69) is 20.9 Å². The van der Waals surface area contributed by atoms with Gasteiger partial charge in [0.2, 0.25) is 10.0 Å². The van der Waals surface area contributed by atoms with Gasteiger partial charge >= 0.3 is 6.09 Å². The molecule has 3 N–H and O–H groups in total. The van der Waals surface area contributed by atoms with Crippen LogP contribution in [0.5, 0.6) is 0 Å². The highest BCUT2D eigenvalue weighted by atomic mass is 127. The summed E-state index contributed by atoms with van der Waals surface area (Å²) in [5.74, 6) is 0.600. The Labute approximate surface area is 197 Å². The van der Waals surface area contributed by atoms with Gasteiger partial charge in [-0.15, -0.1) is 24.0 Å². The number of halogens is 1. The predicted molar refractivity (Wildman–Crippen MR) is 130 cm³/mol. The third kappa shape index (κ3) is 10.4. The number of sulfonamides is 1. The summed E-state index contributed by atoms with van der Waals surface area (Å²) in [4.78, 5) is 16.3. The van der Waals surface area contributed by atoms with E-state index in [-0.39, 0.29) is 28.9 Å². The molecule has 0 saturated carbocycles. The van der Waals surface area contributed by atoms with Crippen LogP contribution in [0.15, 0.2) is 34.2 Å². The quantitative estimate of drug-likeness (QED) is 0.196. The van der Waals surface area contributed by atoms with Crippen molar-refractivity contribution < 1.29 is 17.9 Å². The lowest BCUT2D eigenvalue weighted by molar-refractivity contribution is 0.0529. The maximum absolute atomic E-state index is 12.1. The molecule has 0 aromatic heterocycles. The Hall–Kier alpha value is -1.60. The van der Waals surface area contributed by atoms with Gasteiger partial charge in [0.25, 0.3) is 0 Å². The Bertz CT molecular complexity index is 790. The van der Waals surface area contributed by atoms with Crippen LogP contribution in [0.1, 0.15) is 33.3 Å². The number of carbonyl (C=O) groups is 1. The number of hydrogen-bond donors (Lipinski definition) is 3. The summed E-state index contributed by atoms with van der Waals surface area (Å²) in [6, 6.07) is 6.64. The molecule has 0 spiro atoms. The van der Waals surface area contributed by atoms with Crippen LogP contribution >= 0.6 is 24.0 Å². The third-order valence-electron chi connectivity index (χ3n) is 3.55. The number of ether oxygens (including phenoxy) is 1. The molecule has 0 atom stereocenters. The second-order valence-corrected chi connectivity index (χ2v) is 9.63. The zero-order chi connectivity index (χ0) is 22.1. The van der Waals surface area contributed by atoms with Gasteiger partial charge in [0.1, 0.15) is 5.60 Å². The molecule has 0 aliphatic carbocycles. The van der Waals surface area contributed by atoms with Gasteiger partial charge in [-0.05, 0) is 45.4 Å². The highest BCUT2D eigenvalue weighted by Crippen LogP contribution is 2.14. The van der Waals surface area contributed by atoms with E-state index in [0.717, 1.165) is 5.56 Å². The third-order valence-corrected chi connectivity index (χ3v) is 5.38. The average Bonchev–Trinajstić information content (AvgIpc) is 2.61. The molecule has 0 bridgehead atoms. The molecule has 0 saturated heterocycles. The molecule has 1 aromatic carbocycles. The topological polar surface area (TPSA) is 112 Å². The van der Waals surface area contributed by atoms with Crippen LogP contribution in [0.4, 0.5) is 4.79 Å². The van der Waals surface area contributed by atoms with Crippen molar-refractivity contribution in [3.8, 4) is 0 Å². The van der Waals surface area contributed by atoms with E-state index in [1.165, 1.54) is 18.4 Å². The van der Waals surface area contributed by atoms with Gasteiger partial charge in [-0.2, -0.15) is 0 Å². The number of aliphatic imine (C=N–C) groups is 1. The Morgan fingerprint density at radius 3 is 2.13 bits per heavy atom. The lowest BCUT2D eigenvalue weighted by Gasteiger charge is -2.19. The summed E-state index contributed by atoms with van der Waals surface area (Å²) in [7, 11) is -0.440. The highest BCUT2D eigenvalue weighted by Gasteiger charge is 2.17. The molecule has 11 heteroatoms. The second-order valence-electron chi connectivity index (χ2n) is 7.48. The van der Waals surface area contributed by atoms with E-state index in [0.29, 0.717) is 32.1 Å². The van der Waals surface area contributed by atoms with Crippen LogP contribution in [0.2, 0.25) is 0 Å². The molecular weight excluding hydrogens is 521 g/mol. The minimum atomic E-state index is -3.44. The van der Waals surface area contributed by atoms with Crippen LogP contribution in [0.3, 0.4) is 0 Å². The molecular formula is C19H34IN5O4S. The molecule has 0 aliphatic rings. The summed E-state index contributed by atoms with van der Waals surface area (Å²) in [6.07, 6.45) is -0.464. The van der Waals surface area contributed by atoms with Crippen molar-refractivity contribution in [2.24, 2.45) is 4.99 Å². The maximum Gasteiger partial charge on any atom is 0.407 e. The molecule has 0 fully saturated rings. The summed E-state index contributed by atoms with van der Waals surface area (Å²) in [5.41, 5.74) is 0.349. The first-order chi connectivity index (χ1) is 13.5. The van der Waals surface area contributed by atoms with Crippen molar-refractivity contribution in [1.82, 2.24) is 20.3 Å². The first kappa shape index (κ1) is 28.4.